The lowest BCUT2D eigenvalue weighted by Gasteiger charge is -2.67. The average molecular weight is 1170 g/mol. The molecule has 4 heterocycles. The molecule has 0 spiro atoms. The summed E-state index contributed by atoms with van der Waals surface area (Å²) in [5.74, 6) is -1.78. The molecule has 468 valence electrons. The summed E-state index contributed by atoms with van der Waals surface area (Å²) in [5.41, 5.74) is -6.12. The van der Waals surface area contributed by atoms with E-state index in [-0.39, 0.29) is 117 Å². The molecule has 0 unspecified atom stereocenters. The molecule has 0 aromatic heterocycles. The van der Waals surface area contributed by atoms with E-state index in [1.165, 1.54) is 13.0 Å². The molecule has 4 aliphatic carbocycles. The Hall–Kier alpha value is -2.80. The van der Waals surface area contributed by atoms with Crippen molar-refractivity contribution in [2.24, 2.45) is 34.5 Å². The van der Waals surface area contributed by atoms with E-state index >= 15 is 0 Å². The van der Waals surface area contributed by atoms with E-state index in [2.05, 4.69) is 20.8 Å². The van der Waals surface area contributed by atoms with E-state index in [0.717, 1.165) is 11.1 Å². The van der Waals surface area contributed by atoms with Gasteiger partial charge in [0, 0.05) is 83.9 Å². The first kappa shape index (κ1) is 64.7. The number of aliphatic hydroxyl groups is 4. The normalized spacial score (nSPS) is 45.5. The van der Waals surface area contributed by atoms with Crippen LogP contribution in [-0.2, 0) is 71.2 Å². The third-order valence-corrected chi connectivity index (χ3v) is 21.6. The van der Waals surface area contributed by atoms with Crippen LogP contribution in [0.5, 0.6) is 0 Å². The summed E-state index contributed by atoms with van der Waals surface area (Å²) in [4.78, 5) is 27.0. The summed E-state index contributed by atoms with van der Waals surface area (Å²) >= 11 is 0. The molecule has 4 aliphatic heterocycles. The fourth-order valence-electron chi connectivity index (χ4n) is 16.4. The van der Waals surface area contributed by atoms with Crippen LogP contribution in [0, 0.1) is 34.5 Å². The molecule has 19 nitrogen and oxygen atoms in total. The molecular formula is C64H98O19. The summed E-state index contributed by atoms with van der Waals surface area (Å²) < 4.78 is 81.1. The summed E-state index contributed by atoms with van der Waals surface area (Å²) in [6.45, 7) is 15.5. The number of hydrogen-bond donors (Lipinski definition) is 4. The first-order valence-corrected chi connectivity index (χ1v) is 30.7. The predicted molar refractivity (Wildman–Crippen MR) is 304 cm³/mol. The molecule has 0 radical (unpaired) electrons. The van der Waals surface area contributed by atoms with Gasteiger partial charge in [0.2, 0.25) is 0 Å². The van der Waals surface area contributed by atoms with Crippen LogP contribution in [-0.4, -0.2) is 209 Å². The molecule has 9 rings (SSSR count). The largest absolute Gasteiger partial charge is 0.458 e. The molecule has 19 heteroatoms. The first-order chi connectivity index (χ1) is 39.6. The maximum Gasteiger partial charge on any atom is 0.331 e. The molecule has 3 saturated carbocycles. The van der Waals surface area contributed by atoms with Crippen LogP contribution in [0.15, 0.2) is 48.1 Å². The van der Waals surface area contributed by atoms with Crippen LogP contribution < -0.4 is 0 Å². The van der Waals surface area contributed by atoms with Crippen molar-refractivity contribution in [2.45, 2.75) is 228 Å². The average Bonchev–Trinajstić information content (AvgIpc) is 1.64. The molecule has 24 atom stereocenters. The van der Waals surface area contributed by atoms with Gasteiger partial charge in [0.15, 0.2) is 12.1 Å². The quantitative estimate of drug-likeness (QED) is 0.0583. The highest BCUT2D eigenvalue weighted by Crippen LogP contribution is 2.71. The van der Waals surface area contributed by atoms with Crippen molar-refractivity contribution in [2.75, 3.05) is 68.1 Å². The number of carbonyl (C=O) groups excluding carboxylic acids is 2. The molecule has 7 fully saturated rings. The van der Waals surface area contributed by atoms with Gasteiger partial charge in [0.25, 0.3) is 0 Å². The second-order valence-corrected chi connectivity index (χ2v) is 26.0. The minimum absolute atomic E-state index is 0.00861. The maximum atomic E-state index is 13.6. The van der Waals surface area contributed by atoms with Crippen molar-refractivity contribution in [3.05, 3.63) is 53.6 Å². The molecule has 83 heavy (non-hydrogen) atoms. The van der Waals surface area contributed by atoms with Gasteiger partial charge in [-0.15, -0.1) is 0 Å². The minimum Gasteiger partial charge on any atom is -0.458 e. The van der Waals surface area contributed by atoms with Gasteiger partial charge in [0.05, 0.1) is 118 Å². The number of fused-ring (bicyclic) bond motifs is 5. The fraction of sp³-hybridized carbons (Fsp3) is 0.812. The minimum atomic E-state index is -2.03. The zero-order valence-corrected chi connectivity index (χ0v) is 51.0. The van der Waals surface area contributed by atoms with Crippen molar-refractivity contribution in [3.8, 4) is 0 Å². The third-order valence-electron chi connectivity index (χ3n) is 21.6. The van der Waals surface area contributed by atoms with E-state index < -0.39 is 63.8 Å². The number of aliphatic hydroxyl groups excluding tert-OH is 1. The maximum absolute atomic E-state index is 13.6. The van der Waals surface area contributed by atoms with Crippen LogP contribution in [0.4, 0.5) is 0 Å². The van der Waals surface area contributed by atoms with E-state index in [1.807, 2.05) is 50.3 Å². The van der Waals surface area contributed by atoms with Gasteiger partial charge >= 0.3 is 5.97 Å². The van der Waals surface area contributed by atoms with Crippen molar-refractivity contribution >= 4 is 17.8 Å². The highest BCUT2D eigenvalue weighted by Gasteiger charge is 2.81. The van der Waals surface area contributed by atoms with Gasteiger partial charge in [0.1, 0.15) is 29.0 Å². The highest BCUT2D eigenvalue weighted by atomic mass is 16.7. The van der Waals surface area contributed by atoms with E-state index in [0.29, 0.717) is 84.6 Å². The predicted octanol–water partition coefficient (Wildman–Crippen LogP) is 6.11. The van der Waals surface area contributed by atoms with E-state index in [4.69, 9.17) is 61.6 Å². The number of hydrogen-bond acceptors (Lipinski definition) is 19. The van der Waals surface area contributed by atoms with Gasteiger partial charge in [-0.1, -0.05) is 48.9 Å². The Morgan fingerprint density at radius 3 is 1.71 bits per heavy atom. The fourth-order valence-corrected chi connectivity index (χ4v) is 16.4. The van der Waals surface area contributed by atoms with Crippen molar-refractivity contribution in [3.63, 3.8) is 0 Å². The first-order valence-electron chi connectivity index (χ1n) is 30.7. The summed E-state index contributed by atoms with van der Waals surface area (Å²) in [6.07, 6.45) is 4.97. The zero-order chi connectivity index (χ0) is 59.6. The molecule has 1 aromatic rings. The SMILES string of the molecule is CO[C@H]1C[C@H](COC[C@H]2[C@@H](OC)C[C@H](O[C@H]3CC[C@@]4(C)C(=CC[C@]5(O)[C@@H]4C[C@@H](OC(=O)/C=C/c4ccccc4)[C@@]4(C)[C@]5(O)CC[C@@]4(O)C(C)=O)C3)O[C@@H]2C)O[C@@H](C)[C@H]1COC[C@H]1C[C@H](OC)[C@H](COC[C@H]2C[C@@H](OC)[C@@H](O)[C@H](C)O2)[C@@H](C)O1. The Balaban J connectivity index is 0.731. The van der Waals surface area contributed by atoms with Crippen LogP contribution in [0.1, 0.15) is 125 Å². The lowest BCUT2D eigenvalue weighted by atomic mass is 9.42. The Morgan fingerprint density at radius 1 is 0.651 bits per heavy atom. The third kappa shape index (κ3) is 12.8. The summed E-state index contributed by atoms with van der Waals surface area (Å²) in [6, 6.07) is 9.34. The number of Topliss-reactive ketones (excluding diaryl/α,β-unsaturated/α-hetero) is 1. The Kier molecular flexibility index (Phi) is 21.0. The number of carbonyl (C=O) groups is 2. The lowest BCUT2D eigenvalue weighted by Crippen LogP contribution is -2.78. The number of ether oxygens (including phenoxy) is 13. The van der Waals surface area contributed by atoms with Gasteiger partial charge in [-0.2, -0.15) is 0 Å². The van der Waals surface area contributed by atoms with Gasteiger partial charge in [-0.3, -0.25) is 4.79 Å². The van der Waals surface area contributed by atoms with Crippen LogP contribution in [0.2, 0.25) is 0 Å². The number of rotatable bonds is 22. The van der Waals surface area contributed by atoms with Gasteiger partial charge < -0.3 is 82.0 Å². The zero-order valence-electron chi connectivity index (χ0n) is 51.0. The topological polar surface area (TPSA) is 235 Å². The van der Waals surface area contributed by atoms with E-state index in [1.54, 1.807) is 41.4 Å². The Morgan fingerprint density at radius 2 is 1.17 bits per heavy atom. The standard InChI is InChI=1S/C64H98O19/c1-37-48(34-75-31-45-26-52(72-9)49(38(2)78-45)35-77-33-47-28-54(74-11)59(67)40(4)80-47)51(71-8)27-46(79-37)32-76-36-50-39(3)81-58(29-53(50)73-10)82-44-20-21-60(6)43(25-44)19-22-63(69)55(60)30-56(83-57(66)18-17-42-15-13-12-14-16-42)61(7)62(68,41(5)65)23-24-64(61,63)70/h12-19,37-40,44-56,58-59,67-70H,20-36H2,1-11H3/b18-17+/t37-,38+,39+,40-,44-,45+,46+,47+,48+,49+,50+,51-,52-,53-,54+,55+,56+,58-,59-,60-,61+,62+,63-,64+/m0/s1. The summed E-state index contributed by atoms with van der Waals surface area (Å²) in [5, 5.41) is 48.5. The molecular weight excluding hydrogens is 1070 g/mol. The lowest BCUT2D eigenvalue weighted by molar-refractivity contribution is -0.315. The van der Waals surface area contributed by atoms with Crippen LogP contribution in [0.3, 0.4) is 0 Å². The summed E-state index contributed by atoms with van der Waals surface area (Å²) in [7, 11) is 6.78. The molecule has 4 N–H and O–H groups in total. The number of methoxy groups -OCH3 is 4. The number of benzene rings is 1. The molecule has 1 aromatic carbocycles. The second kappa shape index (κ2) is 26.9. The molecule has 4 saturated heterocycles. The second-order valence-electron chi connectivity index (χ2n) is 26.0. The van der Waals surface area contributed by atoms with Gasteiger partial charge in [-0.05, 0) is 104 Å². The van der Waals surface area contributed by atoms with E-state index in [9.17, 15) is 30.0 Å². The molecule has 0 bridgehead atoms. The Bertz CT molecular complexity index is 2370. The van der Waals surface area contributed by atoms with Crippen LogP contribution >= 0.6 is 0 Å². The smallest absolute Gasteiger partial charge is 0.331 e. The van der Waals surface area contributed by atoms with Crippen molar-refractivity contribution in [1.29, 1.82) is 0 Å². The highest BCUT2D eigenvalue weighted by molar-refractivity contribution is 5.88. The monoisotopic (exact) mass is 1170 g/mol. The van der Waals surface area contributed by atoms with Crippen molar-refractivity contribution < 1.29 is 91.6 Å². The molecule has 0 amide bonds. The number of esters is 1. The van der Waals surface area contributed by atoms with Crippen molar-refractivity contribution in [1.82, 2.24) is 0 Å². The van der Waals surface area contributed by atoms with Crippen LogP contribution in [0.25, 0.3) is 6.08 Å². The number of ketones is 1. The van der Waals surface area contributed by atoms with Gasteiger partial charge in [-0.25, -0.2) is 4.79 Å². The Labute approximate surface area is 491 Å². The molecule has 8 aliphatic rings.